The summed E-state index contributed by atoms with van der Waals surface area (Å²) in [4.78, 5) is 0. The Kier molecular flexibility index (Phi) is 3.50. The molecule has 3 rings (SSSR count). The van der Waals surface area contributed by atoms with Gasteiger partial charge < -0.3 is 9.47 Å². The second kappa shape index (κ2) is 4.92. The van der Waals surface area contributed by atoms with Gasteiger partial charge in [-0.2, -0.15) is 0 Å². The van der Waals surface area contributed by atoms with E-state index in [-0.39, 0.29) is 16.6 Å². The minimum Gasteiger partial charge on any atom is -0.487 e. The molecule has 1 heterocycles. The Labute approximate surface area is 126 Å². The molecule has 1 atom stereocenters. The van der Waals surface area contributed by atoms with Crippen LogP contribution in [0.25, 0.3) is 0 Å². The highest BCUT2D eigenvalue weighted by Crippen LogP contribution is 2.45. The van der Waals surface area contributed by atoms with Gasteiger partial charge in [-0.3, -0.25) is 0 Å². The lowest BCUT2D eigenvalue weighted by atomic mass is 9.76. The number of hydrogen-bond donors (Lipinski definition) is 0. The van der Waals surface area contributed by atoms with Gasteiger partial charge in [0, 0.05) is 13.5 Å². The fourth-order valence-electron chi connectivity index (χ4n) is 3.33. The van der Waals surface area contributed by atoms with Crippen molar-refractivity contribution < 1.29 is 9.47 Å². The molecule has 1 aromatic rings. The van der Waals surface area contributed by atoms with Gasteiger partial charge in [-0.25, -0.2) is 0 Å². The molecule has 0 spiro atoms. The van der Waals surface area contributed by atoms with E-state index < -0.39 is 0 Å². The van der Waals surface area contributed by atoms with Crippen molar-refractivity contribution in [2.24, 2.45) is 0 Å². The summed E-state index contributed by atoms with van der Waals surface area (Å²) >= 11 is 6.63. The number of fused-ring (bicyclic) bond motifs is 1. The number of hydrogen-bond acceptors (Lipinski definition) is 2. The molecule has 2 aliphatic rings. The summed E-state index contributed by atoms with van der Waals surface area (Å²) in [6.07, 6.45) is 5.37. The van der Waals surface area contributed by atoms with Crippen LogP contribution in [0.5, 0.6) is 5.75 Å². The first-order chi connectivity index (χ1) is 9.43. The van der Waals surface area contributed by atoms with E-state index in [1.54, 1.807) is 0 Å². The Morgan fingerprint density at radius 3 is 2.70 bits per heavy atom. The first kappa shape index (κ1) is 14.2. The summed E-state index contributed by atoms with van der Waals surface area (Å²) in [5, 5.41) is 0.0178. The predicted octanol–water partition coefficient (Wildman–Crippen LogP) is 4.64. The van der Waals surface area contributed by atoms with Crippen LogP contribution in [-0.2, 0) is 11.2 Å². The van der Waals surface area contributed by atoms with E-state index >= 15 is 0 Å². The van der Waals surface area contributed by atoms with E-state index in [0.717, 1.165) is 31.4 Å². The van der Waals surface area contributed by atoms with E-state index in [1.807, 2.05) is 7.11 Å². The van der Waals surface area contributed by atoms with E-state index in [0.29, 0.717) is 0 Å². The van der Waals surface area contributed by atoms with Crippen LogP contribution in [0, 0.1) is 0 Å². The number of halogens is 1. The molecule has 0 aromatic heterocycles. The zero-order valence-corrected chi connectivity index (χ0v) is 13.3. The summed E-state index contributed by atoms with van der Waals surface area (Å²) in [5.41, 5.74) is 2.39. The Hall–Kier alpha value is -0.730. The molecule has 1 aliphatic heterocycles. The molecule has 0 saturated heterocycles. The van der Waals surface area contributed by atoms with E-state index in [9.17, 15) is 0 Å². The first-order valence-electron chi connectivity index (χ1n) is 7.44. The van der Waals surface area contributed by atoms with Gasteiger partial charge in [-0.05, 0) is 56.7 Å². The Balaban J connectivity index is 1.75. The third-order valence-electron chi connectivity index (χ3n) is 4.70. The topological polar surface area (TPSA) is 18.5 Å². The number of rotatable bonds is 4. The molecule has 0 bridgehead atoms. The fourth-order valence-corrected chi connectivity index (χ4v) is 3.75. The van der Waals surface area contributed by atoms with Crippen LogP contribution in [0.3, 0.4) is 0 Å². The zero-order chi connectivity index (χ0) is 14.4. The van der Waals surface area contributed by atoms with Gasteiger partial charge in [-0.15, -0.1) is 11.6 Å². The minimum absolute atomic E-state index is 0.0151. The maximum absolute atomic E-state index is 6.63. The van der Waals surface area contributed by atoms with Crippen LogP contribution < -0.4 is 4.74 Å². The quantitative estimate of drug-likeness (QED) is 0.753. The van der Waals surface area contributed by atoms with E-state index in [4.69, 9.17) is 21.1 Å². The lowest BCUT2D eigenvalue weighted by Gasteiger charge is -2.41. The maximum atomic E-state index is 6.63. The van der Waals surface area contributed by atoms with Crippen LogP contribution in [0.4, 0.5) is 0 Å². The summed E-state index contributed by atoms with van der Waals surface area (Å²) in [7, 11) is 1.81. The summed E-state index contributed by atoms with van der Waals surface area (Å²) in [6, 6.07) is 6.37. The van der Waals surface area contributed by atoms with Gasteiger partial charge in [0.1, 0.15) is 11.4 Å². The Morgan fingerprint density at radius 1 is 1.35 bits per heavy atom. The molecule has 110 valence electrons. The lowest BCUT2D eigenvalue weighted by molar-refractivity contribution is -0.0780. The van der Waals surface area contributed by atoms with Gasteiger partial charge in [-0.1, -0.05) is 12.1 Å². The van der Waals surface area contributed by atoms with Gasteiger partial charge >= 0.3 is 0 Å². The van der Waals surface area contributed by atoms with Gasteiger partial charge in [0.05, 0.1) is 11.0 Å². The molecule has 0 amide bonds. The molecule has 1 fully saturated rings. The van der Waals surface area contributed by atoms with Crippen molar-refractivity contribution in [1.29, 1.82) is 0 Å². The molecular formula is C17H23ClO2. The molecule has 1 aliphatic carbocycles. The van der Waals surface area contributed by atoms with Gasteiger partial charge in [0.15, 0.2) is 0 Å². The van der Waals surface area contributed by atoms with Crippen molar-refractivity contribution in [2.45, 2.75) is 62.5 Å². The summed E-state index contributed by atoms with van der Waals surface area (Å²) < 4.78 is 11.6. The lowest BCUT2D eigenvalue weighted by Crippen LogP contribution is -2.39. The maximum Gasteiger partial charge on any atom is 0.123 e. The zero-order valence-electron chi connectivity index (χ0n) is 12.5. The van der Waals surface area contributed by atoms with Crippen molar-refractivity contribution >= 4 is 11.6 Å². The molecular weight excluding hydrogens is 272 g/mol. The number of methoxy groups -OCH3 is 1. The number of benzene rings is 1. The normalized spacial score (nSPS) is 23.6. The van der Waals surface area contributed by atoms with Crippen molar-refractivity contribution in [3.8, 4) is 5.75 Å². The molecule has 20 heavy (non-hydrogen) atoms. The molecule has 3 heteroatoms. The highest BCUT2D eigenvalue weighted by atomic mass is 35.5. The smallest absolute Gasteiger partial charge is 0.123 e. The van der Waals surface area contributed by atoms with Crippen molar-refractivity contribution in [3.05, 3.63) is 29.3 Å². The second-order valence-corrected chi connectivity index (χ2v) is 7.34. The third-order valence-corrected chi connectivity index (χ3v) is 5.10. The average molecular weight is 295 g/mol. The van der Waals surface area contributed by atoms with Gasteiger partial charge in [0.2, 0.25) is 0 Å². The standard InChI is InChI=1S/C17H23ClO2/c1-16(2)10-13-9-12(5-6-15(13)20-16)14(18)11-17(19-3)7-4-8-17/h5-6,9,14H,4,7-8,10-11H2,1-3H3. The molecule has 1 unspecified atom stereocenters. The van der Waals surface area contributed by atoms with Crippen molar-refractivity contribution in [1.82, 2.24) is 0 Å². The minimum atomic E-state index is -0.0928. The number of alkyl halides is 1. The van der Waals surface area contributed by atoms with Crippen LogP contribution >= 0.6 is 11.6 Å². The molecule has 1 saturated carbocycles. The van der Waals surface area contributed by atoms with Crippen LogP contribution in [0.1, 0.15) is 56.0 Å². The van der Waals surface area contributed by atoms with Crippen molar-refractivity contribution in [2.75, 3.05) is 7.11 Å². The first-order valence-corrected chi connectivity index (χ1v) is 7.88. The highest BCUT2D eigenvalue weighted by Gasteiger charge is 2.39. The van der Waals surface area contributed by atoms with Crippen LogP contribution in [-0.4, -0.2) is 18.3 Å². The molecule has 1 aromatic carbocycles. The predicted molar refractivity (Wildman–Crippen MR) is 81.7 cm³/mol. The average Bonchev–Trinajstić information content (AvgIpc) is 2.66. The van der Waals surface area contributed by atoms with E-state index in [1.165, 1.54) is 17.5 Å². The summed E-state index contributed by atoms with van der Waals surface area (Å²) in [5.74, 6) is 1.01. The molecule has 2 nitrogen and oxygen atoms in total. The fraction of sp³-hybridized carbons (Fsp3) is 0.647. The molecule has 0 N–H and O–H groups in total. The van der Waals surface area contributed by atoms with Crippen LogP contribution in [0.15, 0.2) is 18.2 Å². The Morgan fingerprint density at radius 2 is 2.10 bits per heavy atom. The largest absolute Gasteiger partial charge is 0.487 e. The van der Waals surface area contributed by atoms with E-state index in [2.05, 4.69) is 32.0 Å². The number of ether oxygens (including phenoxy) is 2. The summed E-state index contributed by atoms with van der Waals surface area (Å²) in [6.45, 7) is 4.25. The highest BCUT2D eigenvalue weighted by molar-refractivity contribution is 6.20. The van der Waals surface area contributed by atoms with Crippen LogP contribution in [0.2, 0.25) is 0 Å². The molecule has 0 radical (unpaired) electrons. The Bertz CT molecular complexity index is 500. The monoisotopic (exact) mass is 294 g/mol. The second-order valence-electron chi connectivity index (χ2n) is 6.82. The third kappa shape index (κ3) is 2.56. The van der Waals surface area contributed by atoms with Gasteiger partial charge in [0.25, 0.3) is 0 Å². The van der Waals surface area contributed by atoms with Crippen molar-refractivity contribution in [3.63, 3.8) is 0 Å². The SMILES string of the molecule is COC1(CC(Cl)c2ccc3c(c2)CC(C)(C)O3)CCC1.